The Morgan fingerprint density at radius 2 is 1.84 bits per heavy atom. The van der Waals surface area contributed by atoms with Crippen molar-refractivity contribution >= 4 is 21.6 Å². The number of aryl methyl sites for hydroxylation is 1. The molecular formula is C14H22ClNO2S. The number of halogens is 1. The number of hydrogen-bond acceptors (Lipinski definition) is 2. The van der Waals surface area contributed by atoms with Gasteiger partial charge in [-0.2, -0.15) is 0 Å². The highest BCUT2D eigenvalue weighted by Gasteiger charge is 2.20. The summed E-state index contributed by atoms with van der Waals surface area (Å²) in [5, 5.41) is 0. The fourth-order valence-electron chi connectivity index (χ4n) is 1.84. The molecular weight excluding hydrogens is 282 g/mol. The third-order valence-corrected chi connectivity index (χ3v) is 5.02. The monoisotopic (exact) mass is 303 g/mol. The van der Waals surface area contributed by atoms with Gasteiger partial charge in [0, 0.05) is 19.0 Å². The Hall–Kier alpha value is -0.580. The Kier molecular flexibility index (Phi) is 7.42. The highest BCUT2D eigenvalue weighted by molar-refractivity contribution is 7.89. The second-order valence-electron chi connectivity index (χ2n) is 4.49. The zero-order chi connectivity index (χ0) is 14.1. The maximum atomic E-state index is 12.3. The number of sulfonamides is 1. The number of benzene rings is 1. The predicted octanol–water partition coefficient (Wildman–Crippen LogP) is 2.90. The average molecular weight is 304 g/mol. The highest BCUT2D eigenvalue weighted by atomic mass is 35.5. The standard InChI is InChI=1S/C14H22ClNO2S/c1-2-3-11-16(12-10-15)19(17,18)13-9-14-7-5-4-6-8-14/h4-8H,2-3,9-13H2,1H3. The van der Waals surface area contributed by atoms with Crippen molar-refractivity contribution in [2.45, 2.75) is 26.2 Å². The van der Waals surface area contributed by atoms with Gasteiger partial charge in [-0.05, 0) is 18.4 Å². The van der Waals surface area contributed by atoms with Crippen molar-refractivity contribution in [2.24, 2.45) is 0 Å². The van der Waals surface area contributed by atoms with Gasteiger partial charge in [0.1, 0.15) is 0 Å². The maximum absolute atomic E-state index is 12.3. The fourth-order valence-corrected chi connectivity index (χ4v) is 3.67. The van der Waals surface area contributed by atoms with E-state index >= 15 is 0 Å². The van der Waals surface area contributed by atoms with Crippen LogP contribution in [0, 0.1) is 0 Å². The van der Waals surface area contributed by atoms with E-state index in [0.29, 0.717) is 25.4 Å². The van der Waals surface area contributed by atoms with Crippen LogP contribution in [0.4, 0.5) is 0 Å². The van der Waals surface area contributed by atoms with E-state index < -0.39 is 10.0 Å². The Balaban J connectivity index is 2.61. The molecule has 1 aromatic rings. The van der Waals surface area contributed by atoms with E-state index in [9.17, 15) is 8.42 Å². The molecule has 0 heterocycles. The van der Waals surface area contributed by atoms with E-state index in [0.717, 1.165) is 18.4 Å². The quantitative estimate of drug-likeness (QED) is 0.658. The van der Waals surface area contributed by atoms with E-state index in [-0.39, 0.29) is 5.75 Å². The molecule has 0 aliphatic heterocycles. The number of unbranched alkanes of at least 4 members (excludes halogenated alkanes) is 1. The van der Waals surface area contributed by atoms with Gasteiger partial charge in [-0.15, -0.1) is 11.6 Å². The summed E-state index contributed by atoms with van der Waals surface area (Å²) in [6.45, 7) is 3.02. The van der Waals surface area contributed by atoms with Gasteiger partial charge in [0.2, 0.25) is 10.0 Å². The summed E-state index contributed by atoms with van der Waals surface area (Å²) in [4.78, 5) is 0. The molecule has 0 aromatic heterocycles. The van der Waals surface area contributed by atoms with E-state index in [4.69, 9.17) is 11.6 Å². The van der Waals surface area contributed by atoms with Crippen LogP contribution in [0.5, 0.6) is 0 Å². The van der Waals surface area contributed by atoms with Crippen LogP contribution < -0.4 is 0 Å². The zero-order valence-corrected chi connectivity index (χ0v) is 13.0. The molecule has 5 heteroatoms. The molecule has 0 spiro atoms. The summed E-state index contributed by atoms with van der Waals surface area (Å²) in [5.74, 6) is 0.492. The zero-order valence-electron chi connectivity index (χ0n) is 11.4. The first-order valence-corrected chi connectivity index (χ1v) is 8.82. The van der Waals surface area contributed by atoms with Crippen LogP contribution in [0.3, 0.4) is 0 Å². The number of hydrogen-bond donors (Lipinski definition) is 0. The lowest BCUT2D eigenvalue weighted by Gasteiger charge is -2.21. The minimum Gasteiger partial charge on any atom is -0.212 e. The molecule has 0 saturated carbocycles. The molecule has 0 fully saturated rings. The van der Waals surface area contributed by atoms with Crippen molar-refractivity contribution in [3.8, 4) is 0 Å². The van der Waals surface area contributed by atoms with Crippen molar-refractivity contribution < 1.29 is 8.42 Å². The molecule has 0 unspecified atom stereocenters. The maximum Gasteiger partial charge on any atom is 0.214 e. The molecule has 0 saturated heterocycles. The number of rotatable bonds is 9. The van der Waals surface area contributed by atoms with E-state index in [1.54, 1.807) is 0 Å². The van der Waals surface area contributed by atoms with Crippen LogP contribution in [0.1, 0.15) is 25.3 Å². The van der Waals surface area contributed by atoms with Crippen molar-refractivity contribution in [3.05, 3.63) is 35.9 Å². The largest absolute Gasteiger partial charge is 0.214 e. The lowest BCUT2D eigenvalue weighted by Crippen LogP contribution is -2.36. The van der Waals surface area contributed by atoms with Crippen molar-refractivity contribution in [1.29, 1.82) is 0 Å². The van der Waals surface area contributed by atoms with Gasteiger partial charge >= 0.3 is 0 Å². The molecule has 0 aliphatic carbocycles. The topological polar surface area (TPSA) is 37.4 Å². The minimum absolute atomic E-state index is 0.150. The molecule has 0 atom stereocenters. The van der Waals surface area contributed by atoms with Crippen molar-refractivity contribution in [3.63, 3.8) is 0 Å². The lowest BCUT2D eigenvalue weighted by atomic mass is 10.2. The van der Waals surface area contributed by atoms with Crippen LogP contribution in [-0.4, -0.2) is 37.4 Å². The molecule has 0 N–H and O–H groups in total. The minimum atomic E-state index is -3.21. The second kappa shape index (κ2) is 8.56. The summed E-state index contributed by atoms with van der Waals surface area (Å²) in [5.41, 5.74) is 1.05. The van der Waals surface area contributed by atoms with Gasteiger partial charge in [-0.25, -0.2) is 12.7 Å². The molecule has 0 radical (unpaired) electrons. The number of alkyl halides is 1. The number of nitrogens with zero attached hydrogens (tertiary/aromatic N) is 1. The van der Waals surface area contributed by atoms with Crippen LogP contribution in [0.25, 0.3) is 0 Å². The second-order valence-corrected chi connectivity index (χ2v) is 6.96. The van der Waals surface area contributed by atoms with Gasteiger partial charge in [0.15, 0.2) is 0 Å². The van der Waals surface area contributed by atoms with Gasteiger partial charge < -0.3 is 0 Å². The summed E-state index contributed by atoms with van der Waals surface area (Å²) in [6.07, 6.45) is 2.41. The third-order valence-electron chi connectivity index (χ3n) is 2.98. The normalized spacial score (nSPS) is 11.9. The summed E-state index contributed by atoms with van der Waals surface area (Å²) in [7, 11) is -3.21. The van der Waals surface area contributed by atoms with Gasteiger partial charge in [0.05, 0.1) is 5.75 Å². The molecule has 1 aromatic carbocycles. The Bertz CT molecular complexity index is 448. The smallest absolute Gasteiger partial charge is 0.212 e. The lowest BCUT2D eigenvalue weighted by molar-refractivity contribution is 0.420. The van der Waals surface area contributed by atoms with Crippen LogP contribution in [0.2, 0.25) is 0 Å². The van der Waals surface area contributed by atoms with Gasteiger partial charge in [-0.3, -0.25) is 0 Å². The van der Waals surface area contributed by atoms with Crippen LogP contribution in [-0.2, 0) is 16.4 Å². The van der Waals surface area contributed by atoms with E-state index in [1.807, 2.05) is 30.3 Å². The van der Waals surface area contributed by atoms with Crippen molar-refractivity contribution in [2.75, 3.05) is 24.7 Å². The van der Waals surface area contributed by atoms with Gasteiger partial charge in [-0.1, -0.05) is 43.7 Å². The first-order valence-electron chi connectivity index (χ1n) is 6.68. The Morgan fingerprint density at radius 1 is 1.16 bits per heavy atom. The summed E-state index contributed by atoms with van der Waals surface area (Å²) in [6, 6.07) is 9.69. The predicted molar refractivity (Wildman–Crippen MR) is 81.1 cm³/mol. The molecule has 0 bridgehead atoms. The SMILES string of the molecule is CCCCN(CCCl)S(=O)(=O)CCc1ccccc1. The molecule has 0 amide bonds. The average Bonchev–Trinajstić information content (AvgIpc) is 2.42. The summed E-state index contributed by atoms with van der Waals surface area (Å²) >= 11 is 5.69. The molecule has 0 aliphatic rings. The first-order chi connectivity index (χ1) is 9.10. The Morgan fingerprint density at radius 3 is 2.42 bits per heavy atom. The Labute approximate surface area is 121 Å². The van der Waals surface area contributed by atoms with Gasteiger partial charge in [0.25, 0.3) is 0 Å². The van der Waals surface area contributed by atoms with Crippen molar-refractivity contribution in [1.82, 2.24) is 4.31 Å². The fraction of sp³-hybridized carbons (Fsp3) is 0.571. The molecule has 3 nitrogen and oxygen atoms in total. The first kappa shape index (κ1) is 16.5. The summed E-state index contributed by atoms with van der Waals surface area (Å²) < 4.78 is 26.1. The molecule has 19 heavy (non-hydrogen) atoms. The third kappa shape index (κ3) is 5.93. The van der Waals surface area contributed by atoms with E-state index in [1.165, 1.54) is 4.31 Å². The van der Waals surface area contributed by atoms with E-state index in [2.05, 4.69) is 6.92 Å². The highest BCUT2D eigenvalue weighted by Crippen LogP contribution is 2.08. The molecule has 1 rings (SSSR count). The van der Waals surface area contributed by atoms with Crippen LogP contribution >= 0.6 is 11.6 Å². The molecule has 108 valence electrons. The van der Waals surface area contributed by atoms with Crippen LogP contribution in [0.15, 0.2) is 30.3 Å².